The molecular formula is C19H27Cl2N3O3S. The molecule has 1 saturated carbocycles. The molecule has 2 fully saturated rings. The Balaban J connectivity index is 1.59. The Kier molecular flexibility index (Phi) is 7.26. The number of piperazine rings is 1. The van der Waals surface area contributed by atoms with E-state index >= 15 is 0 Å². The van der Waals surface area contributed by atoms with Crippen molar-refractivity contribution in [2.45, 2.75) is 56.0 Å². The maximum Gasteiger partial charge on any atom is 0.244 e. The molecule has 9 heteroatoms. The van der Waals surface area contributed by atoms with Crippen LogP contribution in [0.4, 0.5) is 0 Å². The number of sulfonamides is 1. The van der Waals surface area contributed by atoms with E-state index in [2.05, 4.69) is 5.32 Å². The van der Waals surface area contributed by atoms with Crippen LogP contribution in [0.3, 0.4) is 0 Å². The number of carbonyl (C=O) groups is 1. The van der Waals surface area contributed by atoms with E-state index in [9.17, 15) is 13.2 Å². The van der Waals surface area contributed by atoms with Gasteiger partial charge in [-0.25, -0.2) is 8.42 Å². The van der Waals surface area contributed by atoms with Gasteiger partial charge in [0.15, 0.2) is 0 Å². The molecule has 1 heterocycles. The van der Waals surface area contributed by atoms with Crippen molar-refractivity contribution in [1.29, 1.82) is 0 Å². The molecule has 0 spiro atoms. The topological polar surface area (TPSA) is 69.7 Å². The van der Waals surface area contributed by atoms with E-state index in [1.807, 2.05) is 11.8 Å². The van der Waals surface area contributed by atoms with Crippen LogP contribution in [0.25, 0.3) is 0 Å². The van der Waals surface area contributed by atoms with Gasteiger partial charge in [0.25, 0.3) is 0 Å². The highest BCUT2D eigenvalue weighted by atomic mass is 35.5. The summed E-state index contributed by atoms with van der Waals surface area (Å²) in [5, 5.41) is 3.42. The summed E-state index contributed by atoms with van der Waals surface area (Å²) in [4.78, 5) is 14.6. The number of rotatable bonds is 5. The highest BCUT2D eigenvalue weighted by Crippen LogP contribution is 2.31. The van der Waals surface area contributed by atoms with E-state index in [0.29, 0.717) is 26.2 Å². The molecule has 1 amide bonds. The van der Waals surface area contributed by atoms with Gasteiger partial charge in [-0.1, -0.05) is 48.5 Å². The van der Waals surface area contributed by atoms with Crippen LogP contribution in [-0.2, 0) is 14.8 Å². The van der Waals surface area contributed by atoms with Crippen molar-refractivity contribution in [3.05, 3.63) is 28.2 Å². The number of halogens is 2. The van der Waals surface area contributed by atoms with Crippen molar-refractivity contribution in [3.63, 3.8) is 0 Å². The van der Waals surface area contributed by atoms with Gasteiger partial charge in [0.1, 0.15) is 4.90 Å². The van der Waals surface area contributed by atoms with Gasteiger partial charge in [-0.3, -0.25) is 9.69 Å². The second-order valence-corrected chi connectivity index (χ2v) is 10.2. The standard InChI is InChI=1S/C19H27Cl2N3O3S/c1-14(19(25)22-15-6-3-2-4-7-15)23-10-12-24(13-11-23)28(26,27)17-9-5-8-16(20)18(17)21/h5,8-9,14-15H,2-4,6-7,10-13H2,1H3,(H,22,25)/t14-/m1/s1. The Morgan fingerprint density at radius 3 is 2.39 bits per heavy atom. The lowest BCUT2D eigenvalue weighted by Crippen LogP contribution is -2.55. The van der Waals surface area contributed by atoms with E-state index in [4.69, 9.17) is 23.2 Å². The maximum absolute atomic E-state index is 12.9. The number of benzene rings is 1. The molecule has 3 rings (SSSR count). The van der Waals surface area contributed by atoms with Gasteiger partial charge < -0.3 is 5.32 Å². The van der Waals surface area contributed by atoms with Crippen LogP contribution in [0.1, 0.15) is 39.0 Å². The summed E-state index contributed by atoms with van der Waals surface area (Å²) in [7, 11) is -3.72. The maximum atomic E-state index is 12.9. The van der Waals surface area contributed by atoms with E-state index in [0.717, 1.165) is 12.8 Å². The summed E-state index contributed by atoms with van der Waals surface area (Å²) < 4.78 is 27.2. The minimum Gasteiger partial charge on any atom is -0.352 e. The van der Waals surface area contributed by atoms with Gasteiger partial charge in [-0.2, -0.15) is 4.31 Å². The van der Waals surface area contributed by atoms with Gasteiger partial charge in [0, 0.05) is 32.2 Å². The quantitative estimate of drug-likeness (QED) is 0.752. The van der Waals surface area contributed by atoms with Gasteiger partial charge in [0.2, 0.25) is 15.9 Å². The SMILES string of the molecule is C[C@H](C(=O)NC1CCCCC1)N1CCN(S(=O)(=O)c2cccc(Cl)c2Cl)CC1. The molecule has 1 saturated heterocycles. The molecule has 156 valence electrons. The second kappa shape index (κ2) is 9.30. The summed E-state index contributed by atoms with van der Waals surface area (Å²) in [5.74, 6) is 0.0288. The molecule has 0 bridgehead atoms. The lowest BCUT2D eigenvalue weighted by atomic mass is 9.95. The number of nitrogens with zero attached hydrogens (tertiary/aromatic N) is 2. The molecule has 0 aromatic heterocycles. The van der Waals surface area contributed by atoms with Crippen molar-refractivity contribution in [1.82, 2.24) is 14.5 Å². The average molecular weight is 448 g/mol. The van der Waals surface area contributed by atoms with Crippen molar-refractivity contribution in [3.8, 4) is 0 Å². The molecule has 1 aromatic carbocycles. The minimum atomic E-state index is -3.72. The molecule has 0 radical (unpaired) electrons. The third-order valence-electron chi connectivity index (χ3n) is 5.69. The molecule has 1 aliphatic carbocycles. The zero-order valence-electron chi connectivity index (χ0n) is 16.0. The van der Waals surface area contributed by atoms with Crippen molar-refractivity contribution < 1.29 is 13.2 Å². The first kappa shape index (κ1) is 21.8. The fraction of sp³-hybridized carbons (Fsp3) is 0.632. The summed E-state index contributed by atoms with van der Waals surface area (Å²) in [6.45, 7) is 3.50. The van der Waals surface area contributed by atoms with Crippen LogP contribution in [0, 0.1) is 0 Å². The van der Waals surface area contributed by atoms with E-state index in [-0.39, 0.29) is 32.9 Å². The van der Waals surface area contributed by atoms with Crippen molar-refractivity contribution in [2.75, 3.05) is 26.2 Å². The molecule has 1 atom stereocenters. The highest BCUT2D eigenvalue weighted by molar-refractivity contribution is 7.89. The third kappa shape index (κ3) is 4.82. The lowest BCUT2D eigenvalue weighted by molar-refractivity contribution is -0.127. The first-order valence-corrected chi connectivity index (χ1v) is 12.0. The smallest absolute Gasteiger partial charge is 0.244 e. The van der Waals surface area contributed by atoms with Crippen LogP contribution in [0.2, 0.25) is 10.0 Å². The fourth-order valence-electron chi connectivity index (χ4n) is 3.89. The number of nitrogens with one attached hydrogen (secondary N) is 1. The number of hydrogen-bond donors (Lipinski definition) is 1. The summed E-state index contributed by atoms with van der Waals surface area (Å²) >= 11 is 12.1. The zero-order valence-corrected chi connectivity index (χ0v) is 18.4. The predicted molar refractivity (Wildman–Crippen MR) is 111 cm³/mol. The monoisotopic (exact) mass is 447 g/mol. The Morgan fingerprint density at radius 2 is 1.75 bits per heavy atom. The number of amides is 1. The molecular weight excluding hydrogens is 421 g/mol. The van der Waals surface area contributed by atoms with E-state index in [1.54, 1.807) is 12.1 Å². The Hall–Kier alpha value is -0.860. The Labute approximate surface area is 177 Å². The Bertz CT molecular complexity index is 805. The zero-order chi connectivity index (χ0) is 20.3. The highest BCUT2D eigenvalue weighted by Gasteiger charge is 2.33. The van der Waals surface area contributed by atoms with Gasteiger partial charge in [-0.15, -0.1) is 0 Å². The molecule has 6 nitrogen and oxygen atoms in total. The third-order valence-corrected chi connectivity index (χ3v) is 8.56. The summed E-state index contributed by atoms with van der Waals surface area (Å²) in [5.41, 5.74) is 0. The van der Waals surface area contributed by atoms with Gasteiger partial charge >= 0.3 is 0 Å². The first-order chi connectivity index (χ1) is 13.3. The first-order valence-electron chi connectivity index (χ1n) is 9.79. The molecule has 1 aliphatic heterocycles. The second-order valence-electron chi connectivity index (χ2n) is 7.51. The van der Waals surface area contributed by atoms with Crippen LogP contribution in [-0.4, -0.2) is 61.8 Å². The Morgan fingerprint density at radius 1 is 1.11 bits per heavy atom. The van der Waals surface area contributed by atoms with Crippen LogP contribution < -0.4 is 5.32 Å². The largest absolute Gasteiger partial charge is 0.352 e. The molecule has 1 N–H and O–H groups in total. The predicted octanol–water partition coefficient (Wildman–Crippen LogP) is 3.14. The van der Waals surface area contributed by atoms with E-state index < -0.39 is 10.0 Å². The number of hydrogen-bond acceptors (Lipinski definition) is 4. The van der Waals surface area contributed by atoms with E-state index in [1.165, 1.54) is 29.6 Å². The lowest BCUT2D eigenvalue weighted by Gasteiger charge is -2.37. The average Bonchev–Trinajstić information content (AvgIpc) is 2.70. The normalized spacial score (nSPS) is 21.4. The molecule has 2 aliphatic rings. The molecule has 28 heavy (non-hydrogen) atoms. The summed E-state index contributed by atoms with van der Waals surface area (Å²) in [6.07, 6.45) is 5.68. The van der Waals surface area contributed by atoms with Crippen LogP contribution in [0.15, 0.2) is 23.1 Å². The molecule has 0 unspecified atom stereocenters. The van der Waals surface area contributed by atoms with Crippen molar-refractivity contribution >= 4 is 39.1 Å². The molecule has 1 aromatic rings. The minimum absolute atomic E-state index is 0.0261. The van der Waals surface area contributed by atoms with Gasteiger partial charge in [0.05, 0.1) is 16.1 Å². The number of carbonyl (C=O) groups excluding carboxylic acids is 1. The van der Waals surface area contributed by atoms with Crippen molar-refractivity contribution in [2.24, 2.45) is 0 Å². The fourth-order valence-corrected chi connectivity index (χ4v) is 6.05. The van der Waals surface area contributed by atoms with Gasteiger partial charge in [-0.05, 0) is 31.9 Å². The van der Waals surface area contributed by atoms with Crippen LogP contribution >= 0.6 is 23.2 Å². The summed E-state index contributed by atoms with van der Waals surface area (Å²) in [6, 6.07) is 4.61. The van der Waals surface area contributed by atoms with Crippen LogP contribution in [0.5, 0.6) is 0 Å².